The molecule has 1 saturated carbocycles. The van der Waals surface area contributed by atoms with Gasteiger partial charge in [-0.05, 0) is 66.2 Å². The monoisotopic (exact) mass is 284 g/mol. The van der Waals surface area contributed by atoms with Gasteiger partial charge < -0.3 is 5.73 Å². The van der Waals surface area contributed by atoms with Gasteiger partial charge in [0, 0.05) is 19.1 Å². The van der Waals surface area contributed by atoms with Gasteiger partial charge in [-0.25, -0.2) is 0 Å². The fourth-order valence-corrected chi connectivity index (χ4v) is 4.74. The number of likely N-dealkylation sites (tertiary alicyclic amines) is 1. The minimum absolute atomic E-state index is 0.351. The van der Waals surface area contributed by atoms with Crippen LogP contribution in [0.3, 0.4) is 0 Å². The Hall–Kier alpha value is -0.860. The van der Waals surface area contributed by atoms with E-state index in [0.717, 1.165) is 17.9 Å². The maximum absolute atomic E-state index is 5.86. The van der Waals surface area contributed by atoms with Gasteiger partial charge in [-0.15, -0.1) is 0 Å². The first kappa shape index (κ1) is 13.8. The van der Waals surface area contributed by atoms with Crippen LogP contribution in [0, 0.1) is 11.8 Å². The van der Waals surface area contributed by atoms with Gasteiger partial charge in [0.1, 0.15) is 0 Å². The average Bonchev–Trinajstić information content (AvgIpc) is 3.30. The van der Waals surface area contributed by atoms with Crippen LogP contribution in [-0.2, 0) is 18.4 Å². The van der Waals surface area contributed by atoms with Crippen molar-refractivity contribution in [2.24, 2.45) is 17.6 Å². The first-order chi connectivity index (χ1) is 10.1. The second-order valence-electron chi connectivity index (χ2n) is 7.86. The van der Waals surface area contributed by atoms with Crippen LogP contribution < -0.4 is 5.73 Å². The lowest BCUT2D eigenvalue weighted by Gasteiger charge is -2.55. The molecule has 3 atom stereocenters. The molecule has 2 bridgehead atoms. The molecule has 0 radical (unpaired) electrons. The first-order valence-electron chi connectivity index (χ1n) is 8.68. The van der Waals surface area contributed by atoms with Gasteiger partial charge in [0.25, 0.3) is 0 Å². The van der Waals surface area contributed by atoms with Gasteiger partial charge >= 0.3 is 0 Å². The zero-order valence-electron chi connectivity index (χ0n) is 13.4. The van der Waals surface area contributed by atoms with Crippen molar-refractivity contribution in [3.63, 3.8) is 0 Å². The highest BCUT2D eigenvalue weighted by molar-refractivity contribution is 5.42. The fraction of sp³-hybridized carbons (Fsp3) is 0.684. The Morgan fingerprint density at radius 3 is 2.86 bits per heavy atom. The Morgan fingerprint density at radius 2 is 2.14 bits per heavy atom. The summed E-state index contributed by atoms with van der Waals surface area (Å²) in [5, 5.41) is 0. The number of hydrogen-bond donors (Lipinski definition) is 1. The van der Waals surface area contributed by atoms with Crippen LogP contribution in [0.1, 0.15) is 49.8 Å². The van der Waals surface area contributed by atoms with Crippen molar-refractivity contribution in [3.05, 3.63) is 34.9 Å². The number of benzene rings is 1. The lowest BCUT2D eigenvalue weighted by atomic mass is 9.59. The maximum atomic E-state index is 5.86. The van der Waals surface area contributed by atoms with Crippen molar-refractivity contribution in [3.8, 4) is 0 Å². The van der Waals surface area contributed by atoms with Crippen LogP contribution in [0.5, 0.6) is 0 Å². The van der Waals surface area contributed by atoms with E-state index in [1.807, 2.05) is 0 Å². The Bertz CT molecular complexity index is 548. The highest BCUT2D eigenvalue weighted by atomic mass is 15.2. The van der Waals surface area contributed by atoms with E-state index in [4.69, 9.17) is 5.73 Å². The van der Waals surface area contributed by atoms with Gasteiger partial charge in [-0.2, -0.15) is 0 Å². The van der Waals surface area contributed by atoms with Crippen molar-refractivity contribution in [2.75, 3.05) is 13.1 Å². The van der Waals surface area contributed by atoms with Gasteiger partial charge in [0.2, 0.25) is 0 Å². The molecule has 1 aliphatic heterocycles. The summed E-state index contributed by atoms with van der Waals surface area (Å²) in [5.74, 6) is 1.76. The minimum atomic E-state index is 0.351. The third-order valence-corrected chi connectivity index (χ3v) is 6.61. The molecule has 3 aliphatic rings. The molecule has 1 aromatic rings. The molecule has 21 heavy (non-hydrogen) atoms. The topological polar surface area (TPSA) is 29.3 Å². The molecule has 0 amide bonds. The lowest BCUT2D eigenvalue weighted by Crippen LogP contribution is -2.58. The van der Waals surface area contributed by atoms with Gasteiger partial charge in [-0.3, -0.25) is 4.90 Å². The summed E-state index contributed by atoms with van der Waals surface area (Å²) in [6, 6.07) is 7.74. The highest BCUT2D eigenvalue weighted by Gasteiger charge is 2.48. The molecule has 2 heteroatoms. The zero-order valence-corrected chi connectivity index (χ0v) is 13.4. The summed E-state index contributed by atoms with van der Waals surface area (Å²) < 4.78 is 0. The van der Waals surface area contributed by atoms with E-state index < -0.39 is 0 Å². The maximum Gasteiger partial charge on any atom is 0.0178 e. The number of nitrogens with zero attached hydrogens (tertiary/aromatic N) is 1. The average molecular weight is 284 g/mol. The zero-order chi connectivity index (χ0) is 14.6. The summed E-state index contributed by atoms with van der Waals surface area (Å²) in [6.07, 6.45) is 5.47. The van der Waals surface area contributed by atoms with E-state index in [2.05, 4.69) is 36.9 Å². The second kappa shape index (κ2) is 4.82. The molecule has 2 nitrogen and oxygen atoms in total. The van der Waals surface area contributed by atoms with Gasteiger partial charge in [-0.1, -0.05) is 32.0 Å². The Kier molecular flexibility index (Phi) is 3.16. The highest BCUT2D eigenvalue weighted by Crippen LogP contribution is 2.49. The van der Waals surface area contributed by atoms with Crippen LogP contribution in [-0.4, -0.2) is 24.0 Å². The first-order valence-corrected chi connectivity index (χ1v) is 8.68. The number of fused-ring (bicyclic) bond motifs is 4. The molecule has 2 aliphatic carbocycles. The van der Waals surface area contributed by atoms with Crippen LogP contribution >= 0.6 is 0 Å². The molecule has 1 saturated heterocycles. The van der Waals surface area contributed by atoms with Crippen molar-refractivity contribution in [1.82, 2.24) is 4.90 Å². The van der Waals surface area contributed by atoms with Crippen LogP contribution in [0.4, 0.5) is 0 Å². The number of hydrogen-bond acceptors (Lipinski definition) is 2. The molecular weight excluding hydrogens is 256 g/mol. The van der Waals surface area contributed by atoms with Crippen molar-refractivity contribution in [2.45, 2.75) is 57.5 Å². The minimum Gasteiger partial charge on any atom is -0.326 e. The quantitative estimate of drug-likeness (QED) is 0.924. The van der Waals surface area contributed by atoms with Crippen LogP contribution in [0.15, 0.2) is 18.2 Å². The smallest absolute Gasteiger partial charge is 0.0178 e. The van der Waals surface area contributed by atoms with E-state index in [1.165, 1.54) is 44.3 Å². The molecule has 4 rings (SSSR count). The SMILES string of the molecule is C[C@@H]1[C@H]2Cc3ccc(CN)cc3[C@]1(C)CCN2CC1CC1. The normalized spacial score (nSPS) is 35.6. The van der Waals surface area contributed by atoms with Gasteiger partial charge in [0.15, 0.2) is 0 Å². The van der Waals surface area contributed by atoms with E-state index in [9.17, 15) is 0 Å². The van der Waals surface area contributed by atoms with Crippen molar-refractivity contribution >= 4 is 0 Å². The Morgan fingerprint density at radius 1 is 1.33 bits per heavy atom. The predicted octanol–water partition coefficient (Wildman–Crippen LogP) is 3.08. The van der Waals surface area contributed by atoms with E-state index in [-0.39, 0.29) is 0 Å². The molecular formula is C19H28N2. The van der Waals surface area contributed by atoms with Crippen molar-refractivity contribution < 1.29 is 0 Å². The molecule has 0 unspecified atom stereocenters. The molecule has 2 N–H and O–H groups in total. The second-order valence-corrected chi connectivity index (χ2v) is 7.86. The van der Waals surface area contributed by atoms with E-state index >= 15 is 0 Å². The van der Waals surface area contributed by atoms with E-state index in [0.29, 0.717) is 12.0 Å². The summed E-state index contributed by atoms with van der Waals surface area (Å²) >= 11 is 0. The molecule has 1 heterocycles. The molecule has 0 aromatic heterocycles. The number of piperidine rings is 1. The predicted molar refractivity (Wildman–Crippen MR) is 87.3 cm³/mol. The molecule has 114 valence electrons. The Labute approximate surface area is 128 Å². The summed E-state index contributed by atoms with van der Waals surface area (Å²) in [6.45, 7) is 8.28. The third kappa shape index (κ3) is 2.15. The van der Waals surface area contributed by atoms with Gasteiger partial charge in [0.05, 0.1) is 0 Å². The Balaban J connectivity index is 1.70. The lowest BCUT2D eigenvalue weighted by molar-refractivity contribution is 0.0284. The van der Waals surface area contributed by atoms with Crippen LogP contribution in [0.25, 0.3) is 0 Å². The van der Waals surface area contributed by atoms with E-state index in [1.54, 1.807) is 11.1 Å². The standard InChI is InChI=1S/C19H28N2/c1-13-18-10-16-6-5-15(11-20)9-17(16)19(13,2)7-8-21(18)12-14-3-4-14/h5-6,9,13-14,18H,3-4,7-8,10-12,20H2,1-2H3/t13-,18-,19-/m1/s1. The largest absolute Gasteiger partial charge is 0.326 e. The summed E-state index contributed by atoms with van der Waals surface area (Å²) in [4.78, 5) is 2.81. The summed E-state index contributed by atoms with van der Waals surface area (Å²) in [7, 11) is 0. The molecule has 1 aromatic carbocycles. The molecule has 0 spiro atoms. The molecule has 2 fully saturated rings. The fourth-order valence-electron chi connectivity index (χ4n) is 4.74. The third-order valence-electron chi connectivity index (χ3n) is 6.61. The summed E-state index contributed by atoms with van der Waals surface area (Å²) in [5.41, 5.74) is 10.7. The number of nitrogens with two attached hydrogens (primary N) is 1. The number of rotatable bonds is 3. The van der Waals surface area contributed by atoms with Crippen LogP contribution in [0.2, 0.25) is 0 Å². The van der Waals surface area contributed by atoms with Crippen molar-refractivity contribution in [1.29, 1.82) is 0 Å².